The van der Waals surface area contributed by atoms with Crippen LogP contribution in [0.15, 0.2) is 49.9 Å². The maximum atomic E-state index is 6.48. The highest BCUT2D eigenvalue weighted by atomic mass is 35.5. The summed E-state index contributed by atoms with van der Waals surface area (Å²) in [7, 11) is 4.68. The molecule has 1 heterocycles. The van der Waals surface area contributed by atoms with Crippen LogP contribution in [0, 0.1) is 0 Å². The molecule has 0 amide bonds. The zero-order chi connectivity index (χ0) is 19.6. The predicted molar refractivity (Wildman–Crippen MR) is 106 cm³/mol. The number of amidine groups is 1. The van der Waals surface area contributed by atoms with Gasteiger partial charge in [-0.15, -0.1) is 0 Å². The lowest BCUT2D eigenvalue weighted by atomic mass is 10.00. The summed E-state index contributed by atoms with van der Waals surface area (Å²) in [6, 6.07) is 3.67. The highest BCUT2D eigenvalue weighted by Gasteiger charge is 2.25. The first-order valence-electron chi connectivity index (χ1n) is 8.07. The largest absolute Gasteiger partial charge is 0.493 e. The number of methoxy groups -OCH3 is 3. The number of hydrogen-bond acceptors (Lipinski definition) is 8. The molecule has 8 nitrogen and oxygen atoms in total. The van der Waals surface area contributed by atoms with Crippen LogP contribution in [0.5, 0.6) is 17.2 Å². The molecule has 2 aliphatic rings. The number of aliphatic imine (C=N–C) groups is 3. The number of rotatable bonds is 5. The fourth-order valence-electron chi connectivity index (χ4n) is 2.81. The standard InChI is InChI=1S/C18H20ClN5O3/c1-25-12-6-9(7-13(26-2)16(12)27-3)8-22-11-5-4-10-14(15(11)19)17(20)24-18(21)23-10/h4-7,18H,8,21H2,1-3H3,(H2,20,24)/b22-11-. The van der Waals surface area contributed by atoms with Crippen LogP contribution in [0.25, 0.3) is 0 Å². The predicted octanol–water partition coefficient (Wildman–Crippen LogP) is 1.77. The molecule has 1 unspecified atom stereocenters. The van der Waals surface area contributed by atoms with Crippen molar-refractivity contribution in [3.63, 3.8) is 0 Å². The number of halogens is 1. The van der Waals surface area contributed by atoms with Crippen molar-refractivity contribution in [2.75, 3.05) is 21.3 Å². The van der Waals surface area contributed by atoms with E-state index in [0.717, 1.165) is 5.56 Å². The fourth-order valence-corrected chi connectivity index (χ4v) is 3.13. The number of hydrogen-bond donors (Lipinski definition) is 2. The van der Waals surface area contributed by atoms with Gasteiger partial charge < -0.3 is 19.9 Å². The van der Waals surface area contributed by atoms with Gasteiger partial charge in [-0.2, -0.15) is 0 Å². The summed E-state index contributed by atoms with van der Waals surface area (Å²) in [5.41, 5.74) is 14.3. The van der Waals surface area contributed by atoms with Gasteiger partial charge in [-0.05, 0) is 29.8 Å². The number of ether oxygens (including phenoxy) is 3. The summed E-state index contributed by atoms with van der Waals surface area (Å²) in [4.78, 5) is 12.8. The van der Waals surface area contributed by atoms with Crippen LogP contribution in [0.1, 0.15) is 5.56 Å². The van der Waals surface area contributed by atoms with E-state index in [9.17, 15) is 0 Å². The monoisotopic (exact) mass is 389 g/mol. The first kappa shape index (κ1) is 18.9. The van der Waals surface area contributed by atoms with E-state index in [1.165, 1.54) is 0 Å². The minimum Gasteiger partial charge on any atom is -0.493 e. The molecule has 0 saturated carbocycles. The van der Waals surface area contributed by atoms with E-state index in [-0.39, 0.29) is 5.84 Å². The van der Waals surface area contributed by atoms with E-state index in [1.807, 2.05) is 12.1 Å². The maximum absolute atomic E-state index is 6.48. The molecule has 1 aliphatic carbocycles. The van der Waals surface area contributed by atoms with Gasteiger partial charge in [0, 0.05) is 0 Å². The Morgan fingerprint density at radius 2 is 1.74 bits per heavy atom. The Hall–Kier alpha value is -2.84. The van der Waals surface area contributed by atoms with Crippen molar-refractivity contribution >= 4 is 28.9 Å². The first-order chi connectivity index (χ1) is 13.0. The van der Waals surface area contributed by atoms with E-state index in [2.05, 4.69) is 15.0 Å². The highest BCUT2D eigenvalue weighted by Crippen LogP contribution is 2.38. The van der Waals surface area contributed by atoms with E-state index >= 15 is 0 Å². The molecule has 27 heavy (non-hydrogen) atoms. The Kier molecular flexibility index (Phi) is 5.48. The molecule has 0 bridgehead atoms. The van der Waals surface area contributed by atoms with Gasteiger partial charge >= 0.3 is 0 Å². The number of allylic oxidation sites excluding steroid dienone is 3. The van der Waals surface area contributed by atoms with E-state index in [1.54, 1.807) is 33.5 Å². The normalized spacial score (nSPS) is 20.2. The van der Waals surface area contributed by atoms with Gasteiger partial charge in [0.1, 0.15) is 5.84 Å². The van der Waals surface area contributed by atoms with Crippen molar-refractivity contribution in [1.82, 2.24) is 0 Å². The van der Waals surface area contributed by atoms with Gasteiger partial charge in [0.2, 0.25) is 5.75 Å². The van der Waals surface area contributed by atoms with Gasteiger partial charge in [0.15, 0.2) is 17.8 Å². The Labute approximate surface area is 161 Å². The summed E-state index contributed by atoms with van der Waals surface area (Å²) in [6.45, 7) is 0.350. The third kappa shape index (κ3) is 3.67. The second kappa shape index (κ2) is 7.81. The minimum absolute atomic E-state index is 0.252. The molecule has 1 atom stereocenters. The summed E-state index contributed by atoms with van der Waals surface area (Å²) in [6.07, 6.45) is 2.83. The molecule has 0 saturated heterocycles. The average molecular weight is 390 g/mol. The molecule has 0 fully saturated rings. The molecular weight excluding hydrogens is 370 g/mol. The van der Waals surface area contributed by atoms with Crippen LogP contribution < -0.4 is 25.7 Å². The molecule has 0 spiro atoms. The molecule has 4 N–H and O–H groups in total. The van der Waals surface area contributed by atoms with Crippen LogP contribution in [-0.4, -0.2) is 44.9 Å². The quantitative estimate of drug-likeness (QED) is 0.744. The lowest BCUT2D eigenvalue weighted by molar-refractivity contribution is 0.324. The molecule has 142 valence electrons. The zero-order valence-electron chi connectivity index (χ0n) is 15.2. The number of nitrogens with zero attached hydrogens (tertiary/aromatic N) is 3. The van der Waals surface area contributed by atoms with Crippen molar-refractivity contribution in [2.45, 2.75) is 12.8 Å². The Bertz CT molecular complexity index is 893. The lowest BCUT2D eigenvalue weighted by Crippen LogP contribution is -2.34. The molecule has 1 aromatic carbocycles. The molecule has 0 radical (unpaired) electrons. The van der Waals surface area contributed by atoms with Crippen molar-refractivity contribution in [2.24, 2.45) is 26.4 Å². The van der Waals surface area contributed by atoms with Gasteiger partial charge in [-0.1, -0.05) is 11.6 Å². The lowest BCUT2D eigenvalue weighted by Gasteiger charge is -2.20. The van der Waals surface area contributed by atoms with Gasteiger partial charge in [0.25, 0.3) is 0 Å². The molecule has 1 aliphatic heterocycles. The van der Waals surface area contributed by atoms with Gasteiger partial charge in [-0.25, -0.2) is 9.98 Å². The number of nitrogens with two attached hydrogens (primary N) is 2. The first-order valence-corrected chi connectivity index (χ1v) is 8.45. The molecular formula is C18H20ClN5O3. The van der Waals surface area contributed by atoms with Crippen LogP contribution in [-0.2, 0) is 6.54 Å². The highest BCUT2D eigenvalue weighted by molar-refractivity contribution is 6.53. The fraction of sp³-hybridized carbons (Fsp3) is 0.278. The number of fused-ring (bicyclic) bond motifs is 1. The van der Waals surface area contributed by atoms with Crippen LogP contribution >= 0.6 is 11.6 Å². The maximum Gasteiger partial charge on any atom is 0.203 e. The van der Waals surface area contributed by atoms with Crippen molar-refractivity contribution in [1.29, 1.82) is 0 Å². The van der Waals surface area contributed by atoms with Gasteiger partial charge in [0.05, 0.1) is 49.9 Å². The van der Waals surface area contributed by atoms with Crippen molar-refractivity contribution in [3.8, 4) is 17.2 Å². The second-order valence-electron chi connectivity index (χ2n) is 5.70. The van der Waals surface area contributed by atoms with E-state index in [4.69, 9.17) is 37.3 Å². The van der Waals surface area contributed by atoms with Crippen LogP contribution in [0.4, 0.5) is 0 Å². The molecule has 3 rings (SSSR count). The molecule has 1 aromatic rings. The summed E-state index contributed by atoms with van der Waals surface area (Å²) in [5.74, 6) is 1.89. The molecule has 9 heteroatoms. The van der Waals surface area contributed by atoms with E-state index in [0.29, 0.717) is 45.8 Å². The minimum atomic E-state index is -0.712. The Morgan fingerprint density at radius 3 is 2.33 bits per heavy atom. The van der Waals surface area contributed by atoms with E-state index < -0.39 is 6.29 Å². The Morgan fingerprint density at radius 1 is 1.07 bits per heavy atom. The van der Waals surface area contributed by atoms with Crippen molar-refractivity contribution < 1.29 is 14.2 Å². The Balaban J connectivity index is 1.92. The zero-order valence-corrected chi connectivity index (χ0v) is 15.9. The summed E-state index contributed by atoms with van der Waals surface area (Å²) in [5, 5.41) is 0.386. The average Bonchev–Trinajstić information content (AvgIpc) is 2.65. The summed E-state index contributed by atoms with van der Waals surface area (Å²) < 4.78 is 16.1. The smallest absolute Gasteiger partial charge is 0.203 e. The number of benzene rings is 1. The summed E-state index contributed by atoms with van der Waals surface area (Å²) >= 11 is 6.48. The molecule has 0 aromatic heterocycles. The second-order valence-corrected chi connectivity index (χ2v) is 6.08. The van der Waals surface area contributed by atoms with Crippen LogP contribution in [0.2, 0.25) is 0 Å². The topological polar surface area (TPSA) is 117 Å². The van der Waals surface area contributed by atoms with Crippen molar-refractivity contribution in [3.05, 3.63) is 40.5 Å². The van der Waals surface area contributed by atoms with Crippen LogP contribution in [0.3, 0.4) is 0 Å². The van der Waals surface area contributed by atoms with Gasteiger partial charge in [-0.3, -0.25) is 10.7 Å². The third-order valence-electron chi connectivity index (χ3n) is 4.05. The SMILES string of the molecule is COc1cc(C/N=C2/C=CC3=NC(N)N=C(N)C3=C2Cl)cc(OC)c1OC. The third-order valence-corrected chi connectivity index (χ3v) is 4.44.